The van der Waals surface area contributed by atoms with Crippen LogP contribution in [0.15, 0.2) is 5.38 Å². The third-order valence-electron chi connectivity index (χ3n) is 3.43. The van der Waals surface area contributed by atoms with Gasteiger partial charge < -0.3 is 10.0 Å². The SMILES string of the molecule is CC(C)c1nc(C(=O)N2CCC(C(C)O)C2)cs1. The fourth-order valence-corrected chi connectivity index (χ4v) is 2.99. The second-order valence-electron chi connectivity index (χ2n) is 5.27. The van der Waals surface area contributed by atoms with Gasteiger partial charge in [0.1, 0.15) is 5.69 Å². The van der Waals surface area contributed by atoms with Crippen molar-refractivity contribution in [1.82, 2.24) is 9.88 Å². The van der Waals surface area contributed by atoms with Gasteiger partial charge in [-0.1, -0.05) is 13.8 Å². The Morgan fingerprint density at radius 2 is 2.28 bits per heavy atom. The minimum absolute atomic E-state index is 0.00120. The average molecular weight is 268 g/mol. The largest absolute Gasteiger partial charge is 0.393 e. The molecule has 100 valence electrons. The van der Waals surface area contributed by atoms with E-state index in [9.17, 15) is 9.90 Å². The van der Waals surface area contributed by atoms with Crippen molar-refractivity contribution >= 4 is 17.2 Å². The highest BCUT2D eigenvalue weighted by Crippen LogP contribution is 2.24. The van der Waals surface area contributed by atoms with Crippen molar-refractivity contribution in [1.29, 1.82) is 0 Å². The Morgan fingerprint density at radius 1 is 1.56 bits per heavy atom. The molecule has 1 saturated heterocycles. The fraction of sp³-hybridized carbons (Fsp3) is 0.692. The first-order chi connectivity index (χ1) is 8.49. The molecule has 2 atom stereocenters. The number of aliphatic hydroxyl groups excluding tert-OH is 1. The Kier molecular flexibility index (Phi) is 4.02. The summed E-state index contributed by atoms with van der Waals surface area (Å²) in [6.45, 7) is 7.31. The molecule has 0 spiro atoms. The number of nitrogens with zero attached hydrogens (tertiary/aromatic N) is 2. The molecular formula is C13H20N2O2S. The van der Waals surface area contributed by atoms with Crippen molar-refractivity contribution in [2.45, 2.75) is 39.2 Å². The Bertz CT molecular complexity index is 428. The van der Waals surface area contributed by atoms with Crippen LogP contribution < -0.4 is 0 Å². The van der Waals surface area contributed by atoms with E-state index in [1.165, 1.54) is 0 Å². The van der Waals surface area contributed by atoms with Gasteiger partial charge in [0.15, 0.2) is 0 Å². The molecule has 0 aromatic carbocycles. The minimum Gasteiger partial charge on any atom is -0.393 e. The molecule has 5 heteroatoms. The zero-order chi connectivity index (χ0) is 13.3. The topological polar surface area (TPSA) is 53.4 Å². The monoisotopic (exact) mass is 268 g/mol. The van der Waals surface area contributed by atoms with Crippen LogP contribution in [0.5, 0.6) is 0 Å². The molecule has 0 radical (unpaired) electrons. The number of aliphatic hydroxyl groups is 1. The van der Waals surface area contributed by atoms with Crippen molar-refractivity contribution in [3.63, 3.8) is 0 Å². The van der Waals surface area contributed by atoms with Gasteiger partial charge in [0, 0.05) is 30.3 Å². The van der Waals surface area contributed by atoms with Gasteiger partial charge in [-0.3, -0.25) is 4.79 Å². The molecule has 0 aliphatic carbocycles. The van der Waals surface area contributed by atoms with E-state index >= 15 is 0 Å². The van der Waals surface area contributed by atoms with Crippen LogP contribution in [0.2, 0.25) is 0 Å². The number of hydrogen-bond donors (Lipinski definition) is 1. The van der Waals surface area contributed by atoms with E-state index in [-0.39, 0.29) is 17.9 Å². The van der Waals surface area contributed by atoms with Crippen LogP contribution in [0, 0.1) is 5.92 Å². The van der Waals surface area contributed by atoms with E-state index in [1.807, 2.05) is 5.38 Å². The van der Waals surface area contributed by atoms with Crippen molar-refractivity contribution in [3.05, 3.63) is 16.1 Å². The Balaban J connectivity index is 2.03. The standard InChI is InChI=1S/C13H20N2O2S/c1-8(2)12-14-11(7-18-12)13(17)15-5-4-10(6-15)9(3)16/h7-10,16H,4-6H2,1-3H3. The number of thiazole rings is 1. The maximum Gasteiger partial charge on any atom is 0.273 e. The molecule has 1 N–H and O–H groups in total. The maximum absolute atomic E-state index is 12.2. The molecule has 1 aliphatic rings. The smallest absolute Gasteiger partial charge is 0.273 e. The molecule has 2 rings (SSSR count). The number of carbonyl (C=O) groups is 1. The third-order valence-corrected chi connectivity index (χ3v) is 4.57. The van der Waals surface area contributed by atoms with Gasteiger partial charge in [0.05, 0.1) is 11.1 Å². The first kappa shape index (κ1) is 13.5. The summed E-state index contributed by atoms with van der Waals surface area (Å²) in [5, 5.41) is 12.4. The van der Waals surface area contributed by atoms with Crippen LogP contribution in [0.4, 0.5) is 0 Å². The Hall–Kier alpha value is -0.940. The highest BCUT2D eigenvalue weighted by atomic mass is 32.1. The highest BCUT2D eigenvalue weighted by Gasteiger charge is 2.30. The summed E-state index contributed by atoms with van der Waals surface area (Å²) in [4.78, 5) is 18.4. The summed E-state index contributed by atoms with van der Waals surface area (Å²) in [7, 11) is 0. The lowest BCUT2D eigenvalue weighted by atomic mass is 10.0. The molecule has 1 fully saturated rings. The first-order valence-electron chi connectivity index (χ1n) is 6.41. The van der Waals surface area contributed by atoms with Crippen LogP contribution in [0.1, 0.15) is 48.6 Å². The van der Waals surface area contributed by atoms with E-state index in [0.29, 0.717) is 18.2 Å². The van der Waals surface area contributed by atoms with Crippen molar-refractivity contribution in [2.75, 3.05) is 13.1 Å². The summed E-state index contributed by atoms with van der Waals surface area (Å²) in [6.07, 6.45) is 0.536. The zero-order valence-electron chi connectivity index (χ0n) is 11.1. The van der Waals surface area contributed by atoms with Gasteiger partial charge in [-0.2, -0.15) is 0 Å². The van der Waals surface area contributed by atoms with Gasteiger partial charge in [0.2, 0.25) is 0 Å². The summed E-state index contributed by atoms with van der Waals surface area (Å²) < 4.78 is 0. The lowest BCUT2D eigenvalue weighted by molar-refractivity contribution is 0.0757. The molecule has 2 heterocycles. The summed E-state index contributed by atoms with van der Waals surface area (Å²) in [5.74, 6) is 0.568. The first-order valence-corrected chi connectivity index (χ1v) is 7.29. The van der Waals surface area contributed by atoms with Crippen LogP contribution in [0.25, 0.3) is 0 Å². The average Bonchev–Trinajstić information content (AvgIpc) is 2.97. The van der Waals surface area contributed by atoms with Gasteiger partial charge in [0.25, 0.3) is 5.91 Å². The van der Waals surface area contributed by atoms with Crippen molar-refractivity contribution in [2.24, 2.45) is 5.92 Å². The predicted octanol–water partition coefficient (Wildman–Crippen LogP) is 2.11. The van der Waals surface area contributed by atoms with E-state index < -0.39 is 0 Å². The summed E-state index contributed by atoms with van der Waals surface area (Å²) in [6, 6.07) is 0. The van der Waals surface area contributed by atoms with Gasteiger partial charge >= 0.3 is 0 Å². The molecule has 4 nitrogen and oxygen atoms in total. The van der Waals surface area contributed by atoms with E-state index in [0.717, 1.165) is 18.0 Å². The lowest BCUT2D eigenvalue weighted by Crippen LogP contribution is -2.30. The summed E-state index contributed by atoms with van der Waals surface area (Å²) >= 11 is 1.54. The van der Waals surface area contributed by atoms with Gasteiger partial charge in [-0.15, -0.1) is 11.3 Å². The number of amides is 1. The lowest BCUT2D eigenvalue weighted by Gasteiger charge is -2.16. The van der Waals surface area contributed by atoms with E-state index in [2.05, 4.69) is 18.8 Å². The number of carbonyl (C=O) groups excluding carboxylic acids is 1. The minimum atomic E-state index is -0.343. The molecule has 18 heavy (non-hydrogen) atoms. The predicted molar refractivity (Wildman–Crippen MR) is 71.9 cm³/mol. The van der Waals surface area contributed by atoms with Crippen molar-refractivity contribution < 1.29 is 9.90 Å². The van der Waals surface area contributed by atoms with Crippen LogP contribution in [-0.4, -0.2) is 40.1 Å². The molecule has 1 aromatic rings. The number of likely N-dealkylation sites (tertiary alicyclic amines) is 1. The molecule has 1 aliphatic heterocycles. The quantitative estimate of drug-likeness (QED) is 0.913. The molecule has 0 bridgehead atoms. The summed E-state index contributed by atoms with van der Waals surface area (Å²) in [5.41, 5.74) is 0.551. The number of aromatic nitrogens is 1. The van der Waals surface area contributed by atoms with E-state index in [4.69, 9.17) is 0 Å². The highest BCUT2D eigenvalue weighted by molar-refractivity contribution is 7.09. The number of hydrogen-bond acceptors (Lipinski definition) is 4. The normalized spacial score (nSPS) is 21.6. The van der Waals surface area contributed by atoms with Gasteiger partial charge in [-0.05, 0) is 13.3 Å². The van der Waals surface area contributed by atoms with Crippen LogP contribution in [0.3, 0.4) is 0 Å². The molecule has 0 saturated carbocycles. The number of rotatable bonds is 3. The molecule has 1 amide bonds. The van der Waals surface area contributed by atoms with Crippen LogP contribution in [-0.2, 0) is 0 Å². The zero-order valence-corrected chi connectivity index (χ0v) is 11.9. The Labute approximate surface area is 112 Å². The fourth-order valence-electron chi connectivity index (χ4n) is 2.18. The third kappa shape index (κ3) is 2.72. The second-order valence-corrected chi connectivity index (χ2v) is 6.16. The molecule has 2 unspecified atom stereocenters. The molecule has 1 aromatic heterocycles. The maximum atomic E-state index is 12.2. The van der Waals surface area contributed by atoms with Gasteiger partial charge in [-0.25, -0.2) is 4.98 Å². The van der Waals surface area contributed by atoms with Crippen LogP contribution >= 0.6 is 11.3 Å². The Morgan fingerprint density at radius 3 is 2.78 bits per heavy atom. The second kappa shape index (κ2) is 5.36. The molecular weight excluding hydrogens is 248 g/mol. The van der Waals surface area contributed by atoms with Crippen molar-refractivity contribution in [3.8, 4) is 0 Å². The van der Waals surface area contributed by atoms with E-state index in [1.54, 1.807) is 23.2 Å².